The van der Waals surface area contributed by atoms with Crippen LogP contribution in [0.15, 0.2) is 0 Å². The van der Waals surface area contributed by atoms with Gasteiger partial charge in [-0.1, -0.05) is 0 Å². The molecule has 0 spiro atoms. The Morgan fingerprint density at radius 3 is 1.69 bits per heavy atom. The number of hydrogen-bond donors (Lipinski definition) is 0. The van der Waals surface area contributed by atoms with E-state index in [-0.39, 0.29) is 5.92 Å². The molecule has 0 aliphatic carbocycles. The third-order valence-corrected chi connectivity index (χ3v) is 1.88. The van der Waals surface area contributed by atoms with Crippen LogP contribution < -0.4 is 0 Å². The van der Waals surface area contributed by atoms with E-state index in [0.29, 0.717) is 5.25 Å². The van der Waals surface area contributed by atoms with Gasteiger partial charge in [-0.25, -0.2) is 8.42 Å². The van der Waals surface area contributed by atoms with Gasteiger partial charge in [0.15, 0.2) is 0 Å². The molecule has 8 heteroatoms. The molecule has 0 aromatic rings. The number of sulfone groups is 1. The van der Waals surface area contributed by atoms with Crippen LogP contribution in [0.3, 0.4) is 0 Å². The molecule has 0 saturated carbocycles. The van der Waals surface area contributed by atoms with Crippen molar-refractivity contribution < 1.29 is 30.4 Å². The second kappa shape index (κ2) is 3.14. The third-order valence-electron chi connectivity index (χ3n) is 0.720. The quantitative estimate of drug-likeness (QED) is 0.380. The highest BCUT2D eigenvalue weighted by molar-refractivity contribution is 7.97. The Bertz CT molecular complexity index is 336. The molecule has 2 nitrogen and oxygen atoms in total. The van der Waals surface area contributed by atoms with E-state index < -0.39 is 21.3 Å². The van der Waals surface area contributed by atoms with Gasteiger partial charge in [0.25, 0.3) is 9.84 Å². The topological polar surface area (TPSA) is 34.1 Å². The first kappa shape index (κ1) is 12.2. The standard InChI is InChI=1S/C5H2F5O2S/c1-4(6,7)13(11,12)3-2-5(8,9)10/h1H2. The molecule has 0 saturated heterocycles. The van der Waals surface area contributed by atoms with Crippen molar-refractivity contribution in [1.82, 2.24) is 0 Å². The predicted octanol–water partition coefficient (Wildman–Crippen LogP) is 1.35. The minimum Gasteiger partial charge on any atom is -0.209 e. The first-order valence-corrected chi connectivity index (χ1v) is 4.02. The van der Waals surface area contributed by atoms with Crippen LogP contribution in [0.5, 0.6) is 0 Å². The van der Waals surface area contributed by atoms with Crippen LogP contribution in [0.4, 0.5) is 22.0 Å². The zero-order valence-corrected chi connectivity index (χ0v) is 6.64. The maximum absolute atomic E-state index is 11.9. The maximum Gasteiger partial charge on any atom is 0.458 e. The summed E-state index contributed by atoms with van der Waals surface area (Å²) in [5, 5.41) is -4.11. The summed E-state index contributed by atoms with van der Waals surface area (Å²) in [6, 6.07) is 0. The maximum atomic E-state index is 11.9. The Labute approximate surface area is 70.7 Å². The average molecular weight is 221 g/mol. The van der Waals surface area contributed by atoms with E-state index in [1.54, 1.807) is 0 Å². The van der Waals surface area contributed by atoms with Crippen molar-refractivity contribution >= 4 is 9.84 Å². The van der Waals surface area contributed by atoms with Gasteiger partial charge in [0.05, 0.1) is 0 Å². The van der Waals surface area contributed by atoms with Crippen molar-refractivity contribution in [3.05, 3.63) is 6.92 Å². The molecule has 0 aromatic heterocycles. The number of alkyl halides is 5. The fourth-order valence-electron chi connectivity index (χ4n) is 0.200. The second-order valence-electron chi connectivity index (χ2n) is 1.87. The van der Waals surface area contributed by atoms with Gasteiger partial charge in [-0.05, 0) is 0 Å². The number of halogens is 5. The van der Waals surface area contributed by atoms with Gasteiger partial charge in [0, 0.05) is 18.1 Å². The summed E-state index contributed by atoms with van der Waals surface area (Å²) < 4.78 is 78.1. The summed E-state index contributed by atoms with van der Waals surface area (Å²) in [5.74, 6) is 0.211. The van der Waals surface area contributed by atoms with Crippen LogP contribution in [0.25, 0.3) is 0 Å². The lowest BCUT2D eigenvalue weighted by Crippen LogP contribution is -2.23. The molecule has 13 heavy (non-hydrogen) atoms. The second-order valence-corrected chi connectivity index (χ2v) is 3.67. The van der Waals surface area contributed by atoms with Crippen LogP contribution in [0, 0.1) is 18.1 Å². The van der Waals surface area contributed by atoms with Crippen LogP contribution in [0.2, 0.25) is 0 Å². The summed E-state index contributed by atoms with van der Waals surface area (Å²) >= 11 is 0. The minimum atomic E-state index is -5.46. The molecule has 0 N–H and O–H groups in total. The largest absolute Gasteiger partial charge is 0.458 e. The van der Waals surface area contributed by atoms with E-state index in [1.807, 2.05) is 6.92 Å². The van der Waals surface area contributed by atoms with E-state index in [1.165, 1.54) is 0 Å². The highest BCUT2D eigenvalue weighted by Crippen LogP contribution is 2.20. The van der Waals surface area contributed by atoms with E-state index in [4.69, 9.17) is 0 Å². The van der Waals surface area contributed by atoms with E-state index in [2.05, 4.69) is 0 Å². The van der Waals surface area contributed by atoms with Crippen molar-refractivity contribution in [2.45, 2.75) is 11.4 Å². The van der Waals surface area contributed by atoms with Gasteiger partial charge in [-0.2, -0.15) is 22.0 Å². The molecule has 0 bridgehead atoms. The SMILES string of the molecule is [CH2]C(F)(F)S(=O)(=O)C#CC(F)(F)F. The van der Waals surface area contributed by atoms with Crippen molar-refractivity contribution in [2.24, 2.45) is 0 Å². The number of hydrogen-bond acceptors (Lipinski definition) is 2. The van der Waals surface area contributed by atoms with Crippen molar-refractivity contribution in [3.63, 3.8) is 0 Å². The molecule has 0 unspecified atom stereocenters. The zero-order valence-electron chi connectivity index (χ0n) is 5.82. The normalized spacial score (nSPS) is 13.4. The monoisotopic (exact) mass is 221 g/mol. The molecule has 0 atom stereocenters. The fraction of sp³-hybridized carbons (Fsp3) is 0.400. The zero-order chi connectivity index (χ0) is 10.9. The molecule has 0 aliphatic rings. The summed E-state index contributed by atoms with van der Waals surface area (Å²) in [5.41, 5.74) is 0. The molecule has 0 heterocycles. The third kappa shape index (κ3) is 4.07. The van der Waals surface area contributed by atoms with Gasteiger partial charge in [0.1, 0.15) is 0 Å². The summed E-state index contributed by atoms with van der Waals surface area (Å²) in [4.78, 5) is 0. The summed E-state index contributed by atoms with van der Waals surface area (Å²) in [6.07, 6.45) is -5.13. The number of rotatable bonds is 1. The van der Waals surface area contributed by atoms with E-state index in [0.717, 1.165) is 0 Å². The van der Waals surface area contributed by atoms with Gasteiger partial charge >= 0.3 is 11.4 Å². The molecular weight excluding hydrogens is 219 g/mol. The molecule has 0 aromatic carbocycles. The smallest absolute Gasteiger partial charge is 0.209 e. The Balaban J connectivity index is 5.02. The van der Waals surface area contributed by atoms with Crippen LogP contribution in [-0.4, -0.2) is 19.8 Å². The fourth-order valence-corrected chi connectivity index (χ4v) is 0.599. The molecule has 0 amide bonds. The van der Waals surface area contributed by atoms with Crippen molar-refractivity contribution in [3.8, 4) is 11.2 Å². The lowest BCUT2D eigenvalue weighted by Gasteiger charge is -2.04. The van der Waals surface area contributed by atoms with E-state index >= 15 is 0 Å². The molecule has 1 radical (unpaired) electrons. The van der Waals surface area contributed by atoms with Gasteiger partial charge < -0.3 is 0 Å². The summed E-state index contributed by atoms with van der Waals surface area (Å²) in [6.45, 7) is 1.85. The Hall–Kier alpha value is -0.840. The lowest BCUT2D eigenvalue weighted by molar-refractivity contribution is -0.0696. The summed E-state index contributed by atoms with van der Waals surface area (Å²) in [7, 11) is -5.46. The van der Waals surface area contributed by atoms with Gasteiger partial charge in [-0.15, -0.1) is 0 Å². The van der Waals surface area contributed by atoms with Gasteiger partial charge in [-0.3, -0.25) is 0 Å². The Morgan fingerprint density at radius 1 is 1.08 bits per heavy atom. The molecule has 0 rings (SSSR count). The first-order valence-electron chi connectivity index (χ1n) is 2.54. The first-order chi connectivity index (χ1) is 5.46. The van der Waals surface area contributed by atoms with Crippen molar-refractivity contribution in [1.29, 1.82) is 0 Å². The van der Waals surface area contributed by atoms with Crippen LogP contribution >= 0.6 is 0 Å². The molecule has 75 valence electrons. The highest BCUT2D eigenvalue weighted by atomic mass is 32.2. The predicted molar refractivity (Wildman–Crippen MR) is 33.1 cm³/mol. The highest BCUT2D eigenvalue weighted by Gasteiger charge is 2.39. The van der Waals surface area contributed by atoms with Crippen LogP contribution in [-0.2, 0) is 9.84 Å². The minimum absolute atomic E-state index is 0.211. The molecular formula is C5H2F5O2S. The lowest BCUT2D eigenvalue weighted by atomic mass is 10.7. The molecule has 0 fully saturated rings. The van der Waals surface area contributed by atoms with Crippen LogP contribution in [0.1, 0.15) is 0 Å². The Kier molecular flexibility index (Phi) is 2.94. The molecule has 0 aliphatic heterocycles. The van der Waals surface area contributed by atoms with E-state index in [9.17, 15) is 30.4 Å². The average Bonchev–Trinajstić information content (AvgIpc) is 1.79. The van der Waals surface area contributed by atoms with Gasteiger partial charge in [0.2, 0.25) is 0 Å². The Morgan fingerprint density at radius 2 is 1.46 bits per heavy atom. The van der Waals surface area contributed by atoms with Crippen molar-refractivity contribution in [2.75, 3.05) is 0 Å².